The molecule has 1 heterocycles. The summed E-state index contributed by atoms with van der Waals surface area (Å²) < 4.78 is 13.6. The Hall–Kier alpha value is -3.36. The normalized spacial score (nSPS) is 21.3. The van der Waals surface area contributed by atoms with E-state index < -0.39 is 11.9 Å². The van der Waals surface area contributed by atoms with E-state index in [1.54, 1.807) is 11.0 Å². The van der Waals surface area contributed by atoms with Crippen LogP contribution in [0.1, 0.15) is 89.7 Å². The molecule has 222 valence electrons. The van der Waals surface area contributed by atoms with Crippen LogP contribution in [-0.2, 0) is 9.63 Å². The number of aliphatic hydroxyl groups excluding tert-OH is 1. The molecule has 0 bridgehead atoms. The summed E-state index contributed by atoms with van der Waals surface area (Å²) in [7, 11) is 0. The standard InChI is InChI=1S/C33H44FN3O4/c1-5-8-11-26(7-3)33(20-6-2)22-30(36-41-33)25-15-14-24(4)29(21-25)35-31(12-9-10-13-32(39)40)37(23-38)28-18-16-27(34)17-19-28/h7-8,11,14-18,21,23,28,32,39-40H,5-6,9-10,12-13,19-20,22H2,1-4H3/b11-8-,26-7+,35-31?. The monoisotopic (exact) mass is 565 g/mol. The summed E-state index contributed by atoms with van der Waals surface area (Å²) >= 11 is 0. The van der Waals surface area contributed by atoms with Crippen LogP contribution in [0.4, 0.5) is 10.1 Å². The van der Waals surface area contributed by atoms with Gasteiger partial charge in [0.2, 0.25) is 6.41 Å². The second-order valence-corrected chi connectivity index (χ2v) is 10.6. The van der Waals surface area contributed by atoms with E-state index in [4.69, 9.17) is 9.83 Å². The van der Waals surface area contributed by atoms with Gasteiger partial charge in [0.25, 0.3) is 0 Å². The number of amides is 1. The van der Waals surface area contributed by atoms with Crippen LogP contribution >= 0.6 is 0 Å². The molecule has 41 heavy (non-hydrogen) atoms. The first-order chi connectivity index (χ1) is 19.8. The number of oxime groups is 1. The van der Waals surface area contributed by atoms with Gasteiger partial charge in [0.15, 0.2) is 11.9 Å². The first-order valence-corrected chi connectivity index (χ1v) is 14.7. The van der Waals surface area contributed by atoms with Gasteiger partial charge < -0.3 is 15.1 Å². The van der Waals surface area contributed by atoms with Crippen molar-refractivity contribution in [3.05, 3.63) is 77.2 Å². The number of allylic oxidation sites excluding steroid dienone is 4. The number of benzene rings is 1. The molecule has 2 unspecified atom stereocenters. The number of nitrogens with zero attached hydrogens (tertiary/aromatic N) is 3. The highest BCUT2D eigenvalue weighted by molar-refractivity contribution is 6.03. The van der Waals surface area contributed by atoms with Crippen LogP contribution in [0.3, 0.4) is 0 Å². The second-order valence-electron chi connectivity index (χ2n) is 10.6. The van der Waals surface area contributed by atoms with Gasteiger partial charge in [0.05, 0.1) is 17.4 Å². The average Bonchev–Trinajstić information content (AvgIpc) is 3.38. The molecule has 1 aromatic carbocycles. The van der Waals surface area contributed by atoms with Gasteiger partial charge in [0.1, 0.15) is 11.7 Å². The number of carbonyl (C=O) groups is 1. The number of amidine groups is 1. The molecule has 3 rings (SSSR count). The summed E-state index contributed by atoms with van der Waals surface area (Å²) in [5, 5.41) is 23.0. The summed E-state index contributed by atoms with van der Waals surface area (Å²) in [5.41, 5.74) is 4.01. The highest BCUT2D eigenvalue weighted by atomic mass is 19.1. The summed E-state index contributed by atoms with van der Waals surface area (Å²) in [4.78, 5) is 25.0. The first-order valence-electron chi connectivity index (χ1n) is 14.7. The van der Waals surface area contributed by atoms with E-state index in [-0.39, 0.29) is 18.3 Å². The molecule has 0 spiro atoms. The van der Waals surface area contributed by atoms with E-state index in [1.807, 2.05) is 32.0 Å². The number of aliphatic hydroxyl groups is 2. The Bertz CT molecular complexity index is 1230. The molecule has 0 saturated heterocycles. The fraction of sp³-hybridized carbons (Fsp3) is 0.485. The third-order valence-electron chi connectivity index (χ3n) is 7.51. The Morgan fingerprint density at radius 1 is 1.32 bits per heavy atom. The lowest BCUT2D eigenvalue weighted by Gasteiger charge is -2.28. The highest BCUT2D eigenvalue weighted by Crippen LogP contribution is 2.39. The van der Waals surface area contributed by atoms with Crippen molar-refractivity contribution in [2.45, 2.75) is 103 Å². The second kappa shape index (κ2) is 15.6. The number of rotatable bonds is 14. The maximum absolute atomic E-state index is 13.6. The zero-order valence-electron chi connectivity index (χ0n) is 24.7. The Labute approximate surface area is 243 Å². The minimum atomic E-state index is -1.37. The lowest BCUT2D eigenvalue weighted by molar-refractivity contribution is -0.115. The zero-order valence-corrected chi connectivity index (χ0v) is 24.7. The van der Waals surface area contributed by atoms with E-state index in [0.717, 1.165) is 48.1 Å². The molecular formula is C33H44FN3O4. The van der Waals surface area contributed by atoms with Gasteiger partial charge in [-0.25, -0.2) is 9.38 Å². The molecule has 0 fully saturated rings. The zero-order chi connectivity index (χ0) is 29.8. The topological polar surface area (TPSA) is 94.7 Å². The van der Waals surface area contributed by atoms with Gasteiger partial charge in [-0.3, -0.25) is 9.69 Å². The Morgan fingerprint density at radius 2 is 2.12 bits per heavy atom. The van der Waals surface area contributed by atoms with E-state index in [2.05, 4.69) is 37.2 Å². The maximum Gasteiger partial charge on any atom is 0.215 e. The largest absolute Gasteiger partial charge is 0.384 e. The number of unbranched alkanes of at least 4 members (excludes halogenated alkanes) is 1. The van der Waals surface area contributed by atoms with Crippen LogP contribution in [0, 0.1) is 6.92 Å². The number of aryl methyl sites for hydroxylation is 1. The summed E-state index contributed by atoms with van der Waals surface area (Å²) in [6, 6.07) is 5.64. The predicted octanol–water partition coefficient (Wildman–Crippen LogP) is 7.11. The molecule has 0 radical (unpaired) electrons. The molecule has 1 aliphatic heterocycles. The van der Waals surface area contributed by atoms with Crippen LogP contribution in [0.2, 0.25) is 0 Å². The van der Waals surface area contributed by atoms with Crippen LogP contribution in [0.5, 0.6) is 0 Å². The number of hydrogen-bond donors (Lipinski definition) is 2. The number of halogens is 1. The van der Waals surface area contributed by atoms with Gasteiger partial charge in [-0.1, -0.05) is 61.9 Å². The van der Waals surface area contributed by atoms with E-state index in [9.17, 15) is 19.4 Å². The van der Waals surface area contributed by atoms with Gasteiger partial charge in [0, 0.05) is 18.4 Å². The summed E-state index contributed by atoms with van der Waals surface area (Å²) in [6.07, 6.45) is 15.8. The van der Waals surface area contributed by atoms with Crippen molar-refractivity contribution in [1.82, 2.24) is 4.90 Å². The third kappa shape index (κ3) is 8.57. The van der Waals surface area contributed by atoms with Crippen molar-refractivity contribution < 1.29 is 24.2 Å². The SMILES string of the molecule is C/C=C(\C=C/CC)C1(CCC)CC(c2ccc(C)c(N=C(CCCCC(O)O)N(C=O)C3C=CC(F)=CC3)c2)=NO1. The fourth-order valence-corrected chi connectivity index (χ4v) is 5.25. The predicted molar refractivity (Wildman–Crippen MR) is 163 cm³/mol. The van der Waals surface area contributed by atoms with Crippen LogP contribution in [-0.4, -0.2) is 51.0 Å². The average molecular weight is 566 g/mol. The maximum atomic E-state index is 13.6. The van der Waals surface area contributed by atoms with Gasteiger partial charge in [-0.15, -0.1) is 0 Å². The number of carbonyl (C=O) groups excluding carboxylic acids is 1. The van der Waals surface area contributed by atoms with Gasteiger partial charge in [-0.05, 0) is 81.7 Å². The molecule has 7 nitrogen and oxygen atoms in total. The lowest BCUT2D eigenvalue weighted by Crippen LogP contribution is -2.38. The molecule has 0 saturated carbocycles. The lowest BCUT2D eigenvalue weighted by atomic mass is 9.83. The van der Waals surface area contributed by atoms with Crippen molar-refractivity contribution in [3.8, 4) is 0 Å². The molecule has 2 atom stereocenters. The summed E-state index contributed by atoms with van der Waals surface area (Å²) in [6.45, 7) is 8.25. The molecule has 1 aromatic rings. The van der Waals surface area contributed by atoms with E-state index in [1.165, 1.54) is 12.2 Å². The smallest absolute Gasteiger partial charge is 0.215 e. The van der Waals surface area contributed by atoms with Crippen molar-refractivity contribution in [2.75, 3.05) is 0 Å². The molecule has 2 N–H and O–H groups in total. The first kappa shape index (κ1) is 32.2. The minimum absolute atomic E-state index is 0.237. The molecular weight excluding hydrogens is 521 g/mol. The molecule has 1 amide bonds. The minimum Gasteiger partial charge on any atom is -0.384 e. The highest BCUT2D eigenvalue weighted by Gasteiger charge is 2.41. The third-order valence-corrected chi connectivity index (χ3v) is 7.51. The Kier molecular flexibility index (Phi) is 12.2. The van der Waals surface area contributed by atoms with Crippen molar-refractivity contribution in [2.24, 2.45) is 10.1 Å². The van der Waals surface area contributed by atoms with E-state index in [0.29, 0.717) is 43.6 Å². The number of hydrogen-bond acceptors (Lipinski definition) is 6. The van der Waals surface area contributed by atoms with Crippen LogP contribution < -0.4 is 0 Å². The fourth-order valence-electron chi connectivity index (χ4n) is 5.25. The van der Waals surface area contributed by atoms with Crippen molar-refractivity contribution in [3.63, 3.8) is 0 Å². The Balaban J connectivity index is 1.94. The van der Waals surface area contributed by atoms with Gasteiger partial charge >= 0.3 is 0 Å². The molecule has 1 aliphatic carbocycles. The quantitative estimate of drug-likeness (QED) is 0.0628. The van der Waals surface area contributed by atoms with Crippen LogP contribution in [0.25, 0.3) is 0 Å². The molecule has 2 aliphatic rings. The Morgan fingerprint density at radius 3 is 2.76 bits per heavy atom. The molecule has 0 aromatic heterocycles. The van der Waals surface area contributed by atoms with Crippen LogP contribution in [0.15, 0.2) is 76.2 Å². The van der Waals surface area contributed by atoms with E-state index >= 15 is 0 Å². The van der Waals surface area contributed by atoms with Crippen molar-refractivity contribution >= 4 is 23.6 Å². The summed E-state index contributed by atoms with van der Waals surface area (Å²) in [5.74, 6) is 0.222. The molecule has 8 heteroatoms. The van der Waals surface area contributed by atoms with Crippen molar-refractivity contribution in [1.29, 1.82) is 0 Å². The number of aliphatic imine (C=N–C) groups is 1. The van der Waals surface area contributed by atoms with Gasteiger partial charge in [-0.2, -0.15) is 0 Å².